The summed E-state index contributed by atoms with van der Waals surface area (Å²) in [5.41, 5.74) is 4.63. The van der Waals surface area contributed by atoms with Gasteiger partial charge in [-0.3, -0.25) is 14.2 Å². The van der Waals surface area contributed by atoms with E-state index in [4.69, 9.17) is 15.6 Å². The van der Waals surface area contributed by atoms with Gasteiger partial charge in [-0.25, -0.2) is 4.79 Å². The van der Waals surface area contributed by atoms with Crippen LogP contribution in [-0.4, -0.2) is 108 Å². The number of hydrogen-bond acceptors (Lipinski definition) is 9. The highest BCUT2D eigenvalue weighted by Gasteiger charge is 2.43. The number of nitrogens with zero attached hydrogens (tertiary/aromatic N) is 4. The maximum Gasteiger partial charge on any atom is 0.351 e. The maximum absolute atomic E-state index is 11.6. The predicted molar refractivity (Wildman–Crippen MR) is 126 cm³/mol. The number of alkyl halides is 2. The third kappa shape index (κ3) is 7.45. The van der Waals surface area contributed by atoms with Crippen molar-refractivity contribution in [3.05, 3.63) is 22.7 Å². The molecule has 2 fully saturated rings. The SMILES string of the molecule is Nc1ccn([C@@H]2O[C@H](CO)[C@@H](O)[C@@H]2O)c(=O)n1.O=C(CCBr)N1CCN(C(=O)CCBr)CC1. The monoisotopic (exact) mass is 597 g/mol. The Bertz CT molecular complexity index is 824. The van der Waals surface area contributed by atoms with E-state index in [9.17, 15) is 24.6 Å². The number of carbonyl (C=O) groups is 2. The number of aromatic nitrogens is 2. The van der Waals surface area contributed by atoms with Gasteiger partial charge in [0.25, 0.3) is 0 Å². The molecule has 4 atom stereocenters. The number of piperazine rings is 1. The lowest BCUT2D eigenvalue weighted by molar-refractivity contribution is -0.139. The van der Waals surface area contributed by atoms with Crippen molar-refractivity contribution in [1.82, 2.24) is 19.4 Å². The van der Waals surface area contributed by atoms with E-state index in [1.54, 1.807) is 0 Å². The molecular weight excluding hydrogens is 570 g/mol. The number of hydrogen-bond donors (Lipinski definition) is 4. The van der Waals surface area contributed by atoms with E-state index in [0.717, 1.165) is 4.57 Å². The molecule has 0 unspecified atom stereocenters. The van der Waals surface area contributed by atoms with Crippen molar-refractivity contribution in [3.63, 3.8) is 0 Å². The summed E-state index contributed by atoms with van der Waals surface area (Å²) in [6, 6.07) is 1.37. The molecule has 0 aromatic carbocycles. The zero-order valence-corrected chi connectivity index (χ0v) is 21.1. The lowest BCUT2D eigenvalue weighted by atomic mass is 10.1. The van der Waals surface area contributed by atoms with Crippen LogP contribution < -0.4 is 11.4 Å². The molecular formula is C19H29Br2N5O7. The van der Waals surface area contributed by atoms with Gasteiger partial charge in [0.15, 0.2) is 6.23 Å². The Labute approximate surface area is 207 Å². The number of anilines is 1. The largest absolute Gasteiger partial charge is 0.394 e. The Morgan fingerprint density at radius 1 is 1.06 bits per heavy atom. The van der Waals surface area contributed by atoms with Crippen molar-refractivity contribution in [2.24, 2.45) is 0 Å². The lowest BCUT2D eigenvalue weighted by Crippen LogP contribution is -2.50. The molecule has 2 saturated heterocycles. The highest BCUT2D eigenvalue weighted by atomic mass is 79.9. The van der Waals surface area contributed by atoms with Crippen molar-refractivity contribution < 1.29 is 29.6 Å². The molecule has 2 aliphatic heterocycles. The summed E-state index contributed by atoms with van der Waals surface area (Å²) in [6.07, 6.45) is -2.19. The summed E-state index contributed by atoms with van der Waals surface area (Å²) >= 11 is 6.51. The molecule has 5 N–H and O–H groups in total. The minimum Gasteiger partial charge on any atom is -0.394 e. The fourth-order valence-electron chi connectivity index (χ4n) is 3.41. The van der Waals surface area contributed by atoms with Crippen LogP contribution in [0.1, 0.15) is 19.1 Å². The van der Waals surface area contributed by atoms with Gasteiger partial charge >= 0.3 is 5.69 Å². The Balaban J connectivity index is 0.000000234. The van der Waals surface area contributed by atoms with Gasteiger partial charge in [-0.05, 0) is 6.07 Å². The topological polar surface area (TPSA) is 171 Å². The molecule has 2 aliphatic rings. The average molecular weight is 599 g/mol. The highest BCUT2D eigenvalue weighted by Crippen LogP contribution is 2.27. The Hall–Kier alpha value is -1.58. The van der Waals surface area contributed by atoms with Crippen molar-refractivity contribution in [1.29, 1.82) is 0 Å². The smallest absolute Gasteiger partial charge is 0.351 e. The van der Waals surface area contributed by atoms with Crippen LogP contribution in [0.4, 0.5) is 5.82 Å². The van der Waals surface area contributed by atoms with Crippen LogP contribution in [0.2, 0.25) is 0 Å². The average Bonchev–Trinajstić information content (AvgIpc) is 3.08. The first-order chi connectivity index (χ1) is 15.7. The van der Waals surface area contributed by atoms with E-state index >= 15 is 0 Å². The summed E-state index contributed by atoms with van der Waals surface area (Å²) in [5.74, 6) is 0.395. The van der Waals surface area contributed by atoms with Gasteiger partial charge in [0.1, 0.15) is 24.1 Å². The van der Waals surface area contributed by atoms with Gasteiger partial charge in [0, 0.05) is 55.9 Å². The second-order valence-corrected chi connectivity index (χ2v) is 9.00. The standard InChI is InChI=1S/C10H16Br2N2O2.C9H13N3O5/c11-3-1-9(15)13-5-7-14(8-6-13)10(16)2-4-12;10-5-1-2-12(9(16)11-5)8-7(15)6(14)4(3-13)17-8/h1-8H2;1-2,4,6-8,13-15H,3H2,(H2,10,11,16)/t;4-,6-,7+,8-/m.1/s1. The molecule has 33 heavy (non-hydrogen) atoms. The lowest BCUT2D eigenvalue weighted by Gasteiger charge is -2.34. The fraction of sp³-hybridized carbons (Fsp3) is 0.684. The molecule has 0 saturated carbocycles. The van der Waals surface area contributed by atoms with Crippen LogP contribution in [0, 0.1) is 0 Å². The highest BCUT2D eigenvalue weighted by molar-refractivity contribution is 9.09. The zero-order valence-electron chi connectivity index (χ0n) is 17.9. The molecule has 0 spiro atoms. The summed E-state index contributed by atoms with van der Waals surface area (Å²) in [4.78, 5) is 41.8. The Morgan fingerprint density at radius 3 is 1.97 bits per heavy atom. The van der Waals surface area contributed by atoms with Crippen LogP contribution in [-0.2, 0) is 14.3 Å². The van der Waals surface area contributed by atoms with E-state index in [0.29, 0.717) is 49.7 Å². The minimum absolute atomic E-state index is 0.0537. The molecule has 0 radical (unpaired) electrons. The summed E-state index contributed by atoms with van der Waals surface area (Å²) in [5, 5.41) is 29.6. The third-order valence-corrected chi connectivity index (χ3v) is 6.04. The minimum atomic E-state index is -1.31. The first kappa shape index (κ1) is 27.7. The Kier molecular flexibility index (Phi) is 11.2. The molecule has 0 aliphatic carbocycles. The van der Waals surface area contributed by atoms with E-state index in [1.807, 2.05) is 9.80 Å². The summed E-state index contributed by atoms with van der Waals surface area (Å²) in [6.45, 7) is 2.21. The number of nitrogens with two attached hydrogens (primary N) is 1. The van der Waals surface area contributed by atoms with E-state index in [-0.39, 0.29) is 17.6 Å². The molecule has 3 rings (SSSR count). The van der Waals surface area contributed by atoms with E-state index in [2.05, 4.69) is 36.8 Å². The van der Waals surface area contributed by atoms with Gasteiger partial charge in [-0.2, -0.15) is 4.98 Å². The van der Waals surface area contributed by atoms with Gasteiger partial charge in [0.05, 0.1) is 6.61 Å². The fourth-order valence-corrected chi connectivity index (χ4v) is 4.09. The van der Waals surface area contributed by atoms with Crippen molar-refractivity contribution in [3.8, 4) is 0 Å². The first-order valence-corrected chi connectivity index (χ1v) is 12.6. The molecule has 2 amide bonds. The number of amides is 2. The number of rotatable bonds is 6. The van der Waals surface area contributed by atoms with Gasteiger partial charge in [0.2, 0.25) is 11.8 Å². The molecule has 1 aromatic heterocycles. The summed E-state index contributed by atoms with van der Waals surface area (Å²) < 4.78 is 6.19. The quantitative estimate of drug-likeness (QED) is 0.289. The maximum atomic E-state index is 11.6. The first-order valence-electron chi connectivity index (χ1n) is 10.4. The molecule has 14 heteroatoms. The summed E-state index contributed by atoms with van der Waals surface area (Å²) in [7, 11) is 0. The van der Waals surface area contributed by atoms with Crippen LogP contribution >= 0.6 is 31.9 Å². The predicted octanol–water partition coefficient (Wildman–Crippen LogP) is -1.34. The van der Waals surface area contributed by atoms with Crippen LogP contribution in [0.25, 0.3) is 0 Å². The van der Waals surface area contributed by atoms with Crippen molar-refractivity contribution in [2.75, 3.05) is 49.2 Å². The van der Waals surface area contributed by atoms with Crippen LogP contribution in [0.5, 0.6) is 0 Å². The molecule has 1 aromatic rings. The molecule has 186 valence electrons. The molecule has 0 bridgehead atoms. The van der Waals surface area contributed by atoms with Crippen molar-refractivity contribution >= 4 is 49.5 Å². The second kappa shape index (κ2) is 13.3. The normalized spacial score (nSPS) is 24.9. The second-order valence-electron chi connectivity index (χ2n) is 7.41. The number of nitrogen functional groups attached to an aromatic ring is 1. The number of halogens is 2. The van der Waals surface area contributed by atoms with E-state index in [1.165, 1.54) is 12.3 Å². The molecule has 12 nitrogen and oxygen atoms in total. The van der Waals surface area contributed by atoms with Gasteiger partial charge < -0.3 is 35.6 Å². The number of aliphatic hydroxyl groups is 3. The number of ether oxygens (including phenoxy) is 1. The third-order valence-electron chi connectivity index (χ3n) is 5.24. The van der Waals surface area contributed by atoms with Gasteiger partial charge in [-0.15, -0.1) is 0 Å². The van der Waals surface area contributed by atoms with Crippen LogP contribution in [0.15, 0.2) is 17.1 Å². The number of carbonyl (C=O) groups excluding carboxylic acids is 2. The van der Waals surface area contributed by atoms with Crippen LogP contribution in [0.3, 0.4) is 0 Å². The Morgan fingerprint density at radius 2 is 1.58 bits per heavy atom. The van der Waals surface area contributed by atoms with Gasteiger partial charge in [-0.1, -0.05) is 31.9 Å². The molecule has 3 heterocycles. The van der Waals surface area contributed by atoms with Crippen molar-refractivity contribution in [2.45, 2.75) is 37.4 Å². The van der Waals surface area contributed by atoms with E-state index < -0.39 is 36.8 Å². The number of aliphatic hydroxyl groups excluding tert-OH is 3. The zero-order chi connectivity index (χ0) is 24.5.